The van der Waals surface area contributed by atoms with Crippen LogP contribution in [0.15, 0.2) is 6.07 Å². The highest BCUT2D eigenvalue weighted by Crippen LogP contribution is 2.21. The molecule has 0 spiro atoms. The number of aryl methyl sites for hydroxylation is 1. The molecule has 96 valence electrons. The van der Waals surface area contributed by atoms with E-state index in [1.165, 1.54) is 0 Å². The van der Waals surface area contributed by atoms with Gasteiger partial charge in [-0.3, -0.25) is 0 Å². The molecule has 1 heterocycles. The Morgan fingerprint density at radius 3 is 2.53 bits per heavy atom. The summed E-state index contributed by atoms with van der Waals surface area (Å²) in [5.74, 6) is 2.31. The summed E-state index contributed by atoms with van der Waals surface area (Å²) >= 11 is 0. The Balaban J connectivity index is 2.89. The lowest BCUT2D eigenvalue weighted by Gasteiger charge is -2.29. The van der Waals surface area contributed by atoms with Gasteiger partial charge in [0.1, 0.15) is 17.5 Å². The second-order valence-electron chi connectivity index (χ2n) is 4.45. The van der Waals surface area contributed by atoms with Gasteiger partial charge in [0.25, 0.3) is 0 Å². The molecule has 0 aliphatic heterocycles. The van der Waals surface area contributed by atoms with Crippen LogP contribution in [0.2, 0.25) is 0 Å². The third-order valence-electron chi connectivity index (χ3n) is 2.97. The number of nitrogens with one attached hydrogen (secondary N) is 2. The minimum Gasteiger partial charge on any atom is -0.396 e. The van der Waals surface area contributed by atoms with Crippen molar-refractivity contribution in [2.75, 3.05) is 24.3 Å². The molecule has 3 N–H and O–H groups in total. The van der Waals surface area contributed by atoms with Crippen molar-refractivity contribution in [3.05, 3.63) is 11.9 Å². The number of anilines is 2. The van der Waals surface area contributed by atoms with Crippen molar-refractivity contribution in [1.82, 2.24) is 9.97 Å². The summed E-state index contributed by atoms with van der Waals surface area (Å²) in [4.78, 5) is 8.60. The monoisotopic (exact) mass is 238 g/mol. The first-order valence-corrected chi connectivity index (χ1v) is 5.95. The molecule has 0 saturated heterocycles. The third kappa shape index (κ3) is 3.85. The molecule has 1 aromatic rings. The van der Waals surface area contributed by atoms with E-state index in [4.69, 9.17) is 5.11 Å². The van der Waals surface area contributed by atoms with Gasteiger partial charge in [0.2, 0.25) is 0 Å². The standard InChI is InChI=1S/C12H22N4O/c1-5-12(3,6-7-17)16-11-8-10(13-4)14-9(2)15-11/h8,17H,5-7H2,1-4H3,(H2,13,14,15,16). The van der Waals surface area contributed by atoms with Crippen molar-refractivity contribution in [3.63, 3.8) is 0 Å². The van der Waals surface area contributed by atoms with Gasteiger partial charge in [-0.2, -0.15) is 0 Å². The first-order chi connectivity index (χ1) is 8.03. The summed E-state index contributed by atoms with van der Waals surface area (Å²) in [5, 5.41) is 15.5. The summed E-state index contributed by atoms with van der Waals surface area (Å²) in [6.45, 7) is 6.21. The van der Waals surface area contributed by atoms with Gasteiger partial charge in [-0.1, -0.05) is 6.92 Å². The van der Waals surface area contributed by atoms with E-state index in [9.17, 15) is 0 Å². The van der Waals surface area contributed by atoms with Gasteiger partial charge in [-0.25, -0.2) is 9.97 Å². The average molecular weight is 238 g/mol. The van der Waals surface area contributed by atoms with E-state index in [-0.39, 0.29) is 12.1 Å². The fourth-order valence-electron chi connectivity index (χ4n) is 1.64. The van der Waals surface area contributed by atoms with E-state index in [2.05, 4.69) is 34.4 Å². The zero-order valence-electron chi connectivity index (χ0n) is 11.0. The molecule has 17 heavy (non-hydrogen) atoms. The smallest absolute Gasteiger partial charge is 0.132 e. The molecular formula is C12H22N4O. The Bertz CT molecular complexity index is 370. The molecule has 0 saturated carbocycles. The first kappa shape index (κ1) is 13.7. The van der Waals surface area contributed by atoms with Gasteiger partial charge in [-0.15, -0.1) is 0 Å². The predicted octanol–water partition coefficient (Wildman–Crippen LogP) is 1.79. The van der Waals surface area contributed by atoms with Gasteiger partial charge in [0, 0.05) is 25.3 Å². The molecule has 1 aromatic heterocycles. The van der Waals surface area contributed by atoms with Crippen LogP contribution in [0, 0.1) is 6.92 Å². The molecule has 5 heteroatoms. The summed E-state index contributed by atoms with van der Waals surface area (Å²) in [6, 6.07) is 1.87. The summed E-state index contributed by atoms with van der Waals surface area (Å²) in [6.07, 6.45) is 1.62. The predicted molar refractivity (Wildman–Crippen MR) is 70.3 cm³/mol. The number of hydrogen-bond acceptors (Lipinski definition) is 5. The van der Waals surface area contributed by atoms with Crippen LogP contribution in [-0.4, -0.2) is 34.3 Å². The van der Waals surface area contributed by atoms with Crippen LogP contribution >= 0.6 is 0 Å². The van der Waals surface area contributed by atoms with E-state index >= 15 is 0 Å². The second-order valence-corrected chi connectivity index (χ2v) is 4.45. The van der Waals surface area contributed by atoms with E-state index in [0.29, 0.717) is 6.42 Å². The molecule has 0 aromatic carbocycles. The van der Waals surface area contributed by atoms with E-state index in [1.807, 2.05) is 20.0 Å². The number of aromatic nitrogens is 2. The molecule has 1 atom stereocenters. The number of rotatable bonds is 6. The molecule has 1 rings (SSSR count). The summed E-state index contributed by atoms with van der Waals surface area (Å²) in [7, 11) is 1.83. The Morgan fingerprint density at radius 1 is 1.35 bits per heavy atom. The maximum Gasteiger partial charge on any atom is 0.132 e. The SMILES string of the molecule is CCC(C)(CCO)Nc1cc(NC)nc(C)n1. The lowest BCUT2D eigenvalue weighted by molar-refractivity contribution is 0.252. The molecule has 0 radical (unpaired) electrons. The normalized spacial score (nSPS) is 14.2. The second kappa shape index (κ2) is 5.82. The van der Waals surface area contributed by atoms with Gasteiger partial charge < -0.3 is 15.7 Å². The molecular weight excluding hydrogens is 216 g/mol. The fourth-order valence-corrected chi connectivity index (χ4v) is 1.64. The molecule has 0 aliphatic rings. The molecule has 0 amide bonds. The minimum atomic E-state index is -0.138. The fraction of sp³-hybridized carbons (Fsp3) is 0.667. The van der Waals surface area contributed by atoms with Crippen molar-refractivity contribution < 1.29 is 5.11 Å². The van der Waals surface area contributed by atoms with Crippen molar-refractivity contribution >= 4 is 11.6 Å². The zero-order valence-corrected chi connectivity index (χ0v) is 11.0. The Labute approximate surface area is 103 Å². The lowest BCUT2D eigenvalue weighted by atomic mass is 9.95. The van der Waals surface area contributed by atoms with Gasteiger partial charge >= 0.3 is 0 Å². The molecule has 0 aliphatic carbocycles. The maximum atomic E-state index is 9.08. The largest absolute Gasteiger partial charge is 0.396 e. The van der Waals surface area contributed by atoms with Crippen molar-refractivity contribution in [2.45, 2.75) is 39.2 Å². The summed E-state index contributed by atoms with van der Waals surface area (Å²) < 4.78 is 0. The van der Waals surface area contributed by atoms with Crippen LogP contribution in [0.25, 0.3) is 0 Å². The first-order valence-electron chi connectivity index (χ1n) is 5.95. The van der Waals surface area contributed by atoms with Crippen LogP contribution in [0.4, 0.5) is 11.6 Å². The number of aliphatic hydroxyl groups is 1. The Kier molecular flexibility index (Phi) is 4.69. The van der Waals surface area contributed by atoms with Crippen LogP contribution in [0.3, 0.4) is 0 Å². The van der Waals surface area contributed by atoms with Gasteiger partial charge in [-0.05, 0) is 26.7 Å². The van der Waals surface area contributed by atoms with Crippen LogP contribution < -0.4 is 10.6 Å². The number of aliphatic hydroxyl groups excluding tert-OH is 1. The zero-order chi connectivity index (χ0) is 12.9. The van der Waals surface area contributed by atoms with Gasteiger partial charge in [0.05, 0.1) is 0 Å². The average Bonchev–Trinajstić information content (AvgIpc) is 2.28. The highest BCUT2D eigenvalue weighted by Gasteiger charge is 2.21. The van der Waals surface area contributed by atoms with Gasteiger partial charge in [0.15, 0.2) is 0 Å². The van der Waals surface area contributed by atoms with Crippen LogP contribution in [0.1, 0.15) is 32.5 Å². The van der Waals surface area contributed by atoms with Crippen LogP contribution in [0.5, 0.6) is 0 Å². The van der Waals surface area contributed by atoms with Crippen molar-refractivity contribution in [2.24, 2.45) is 0 Å². The molecule has 1 unspecified atom stereocenters. The quantitative estimate of drug-likeness (QED) is 0.705. The van der Waals surface area contributed by atoms with E-state index < -0.39 is 0 Å². The Hall–Kier alpha value is -1.36. The van der Waals surface area contributed by atoms with Crippen LogP contribution in [-0.2, 0) is 0 Å². The number of nitrogens with zero attached hydrogens (tertiary/aromatic N) is 2. The lowest BCUT2D eigenvalue weighted by Crippen LogP contribution is -2.35. The topological polar surface area (TPSA) is 70.1 Å². The molecule has 0 fully saturated rings. The molecule has 5 nitrogen and oxygen atoms in total. The van der Waals surface area contributed by atoms with Crippen molar-refractivity contribution in [3.8, 4) is 0 Å². The van der Waals surface area contributed by atoms with Crippen molar-refractivity contribution in [1.29, 1.82) is 0 Å². The highest BCUT2D eigenvalue weighted by atomic mass is 16.3. The van der Waals surface area contributed by atoms with E-state index in [1.54, 1.807) is 0 Å². The number of hydrogen-bond donors (Lipinski definition) is 3. The highest BCUT2D eigenvalue weighted by molar-refractivity contribution is 5.48. The van der Waals surface area contributed by atoms with E-state index in [0.717, 1.165) is 23.9 Å². The molecule has 0 bridgehead atoms. The third-order valence-corrected chi connectivity index (χ3v) is 2.97. The Morgan fingerprint density at radius 2 is 2.00 bits per heavy atom. The maximum absolute atomic E-state index is 9.08. The minimum absolute atomic E-state index is 0.138. The summed E-state index contributed by atoms with van der Waals surface area (Å²) in [5.41, 5.74) is -0.138.